The molecule has 2 unspecified atom stereocenters. The van der Waals surface area contributed by atoms with Crippen molar-refractivity contribution in [2.45, 2.75) is 19.6 Å². The lowest BCUT2D eigenvalue weighted by molar-refractivity contribution is -0.142. The molecule has 1 aromatic heterocycles. The maximum Gasteiger partial charge on any atom is 0.233 e. The molecule has 1 N–H and O–H groups in total. The van der Waals surface area contributed by atoms with E-state index in [1.165, 1.54) is 4.90 Å². The Bertz CT molecular complexity index is 444. The van der Waals surface area contributed by atoms with Crippen LogP contribution in [0.5, 0.6) is 0 Å². The summed E-state index contributed by atoms with van der Waals surface area (Å²) in [4.78, 5) is 24.6. The van der Waals surface area contributed by atoms with Gasteiger partial charge in [0.15, 0.2) is 0 Å². The number of furan rings is 1. The highest BCUT2D eigenvalue weighted by Crippen LogP contribution is 2.47. The van der Waals surface area contributed by atoms with Gasteiger partial charge in [-0.1, -0.05) is 0 Å². The van der Waals surface area contributed by atoms with Crippen molar-refractivity contribution in [3.8, 4) is 0 Å². The fourth-order valence-corrected chi connectivity index (χ4v) is 2.15. The van der Waals surface area contributed by atoms with Gasteiger partial charge >= 0.3 is 0 Å². The van der Waals surface area contributed by atoms with E-state index in [1.54, 1.807) is 12.1 Å². The molecule has 1 aliphatic heterocycles. The zero-order chi connectivity index (χ0) is 11.3. The zero-order valence-electron chi connectivity index (χ0n) is 8.55. The van der Waals surface area contributed by atoms with Crippen LogP contribution < -0.4 is 0 Å². The topological polar surface area (TPSA) is 70.8 Å². The van der Waals surface area contributed by atoms with Gasteiger partial charge < -0.3 is 9.52 Å². The molecule has 2 heterocycles. The molecule has 1 saturated carbocycles. The summed E-state index contributed by atoms with van der Waals surface area (Å²) in [6, 6.07) is 3.32. The standard InChI is InChI=1S/C11H11NO4/c13-5-7-2-1-6(16-7)4-12-10(14)8-3-9(8)11(12)15/h1-2,8-9,13H,3-5H2. The molecule has 16 heavy (non-hydrogen) atoms. The van der Waals surface area contributed by atoms with Gasteiger partial charge in [-0.3, -0.25) is 14.5 Å². The quantitative estimate of drug-likeness (QED) is 0.744. The predicted octanol–water partition coefficient (Wildman–Crippen LogP) is 0.277. The number of hydrogen-bond acceptors (Lipinski definition) is 4. The number of aliphatic hydroxyl groups excluding tert-OH is 1. The first-order valence-corrected chi connectivity index (χ1v) is 5.24. The van der Waals surface area contributed by atoms with E-state index in [4.69, 9.17) is 9.52 Å². The monoisotopic (exact) mass is 221 g/mol. The number of carbonyl (C=O) groups excluding carboxylic acids is 2. The first-order valence-electron chi connectivity index (χ1n) is 5.24. The van der Waals surface area contributed by atoms with Gasteiger partial charge in [-0.15, -0.1) is 0 Å². The average molecular weight is 221 g/mol. The third kappa shape index (κ3) is 1.28. The van der Waals surface area contributed by atoms with E-state index in [0.717, 1.165) is 0 Å². The van der Waals surface area contributed by atoms with Crippen LogP contribution >= 0.6 is 0 Å². The Morgan fingerprint density at radius 2 is 1.88 bits per heavy atom. The van der Waals surface area contributed by atoms with Crippen molar-refractivity contribution >= 4 is 11.8 Å². The van der Waals surface area contributed by atoms with Crippen LogP contribution in [0.2, 0.25) is 0 Å². The Morgan fingerprint density at radius 3 is 2.44 bits per heavy atom. The van der Waals surface area contributed by atoms with Crippen LogP contribution in [0.1, 0.15) is 17.9 Å². The van der Waals surface area contributed by atoms with Crippen LogP contribution in [0.25, 0.3) is 0 Å². The van der Waals surface area contributed by atoms with E-state index in [-0.39, 0.29) is 36.8 Å². The minimum absolute atomic E-state index is 0.0697. The average Bonchev–Trinajstić information content (AvgIpc) is 2.90. The summed E-state index contributed by atoms with van der Waals surface area (Å²) in [7, 11) is 0. The lowest BCUT2D eigenvalue weighted by Crippen LogP contribution is -2.32. The highest BCUT2D eigenvalue weighted by atomic mass is 16.4. The largest absolute Gasteiger partial charge is 0.462 e. The normalized spacial score (nSPS) is 27.4. The second kappa shape index (κ2) is 3.18. The number of aliphatic hydroxyl groups is 1. The van der Waals surface area contributed by atoms with Gasteiger partial charge in [-0.05, 0) is 18.6 Å². The highest BCUT2D eigenvalue weighted by Gasteiger charge is 2.58. The first-order chi connectivity index (χ1) is 7.70. The number of imide groups is 1. The Morgan fingerprint density at radius 1 is 1.25 bits per heavy atom. The zero-order valence-corrected chi connectivity index (χ0v) is 8.55. The molecule has 0 bridgehead atoms. The van der Waals surface area contributed by atoms with Gasteiger partial charge in [0.2, 0.25) is 11.8 Å². The van der Waals surface area contributed by atoms with Crippen molar-refractivity contribution in [2.75, 3.05) is 0 Å². The fourth-order valence-electron chi connectivity index (χ4n) is 2.15. The number of fused-ring (bicyclic) bond motifs is 1. The van der Waals surface area contributed by atoms with E-state index in [1.807, 2.05) is 0 Å². The fraction of sp³-hybridized carbons (Fsp3) is 0.455. The lowest BCUT2D eigenvalue weighted by Gasteiger charge is -2.14. The van der Waals surface area contributed by atoms with Crippen molar-refractivity contribution in [3.63, 3.8) is 0 Å². The number of piperidine rings is 1. The molecule has 0 spiro atoms. The summed E-state index contributed by atoms with van der Waals surface area (Å²) in [6.45, 7) is 0.0117. The summed E-state index contributed by atoms with van der Waals surface area (Å²) in [5.41, 5.74) is 0. The summed E-state index contributed by atoms with van der Waals surface area (Å²) < 4.78 is 5.25. The minimum Gasteiger partial charge on any atom is -0.462 e. The van der Waals surface area contributed by atoms with Crippen LogP contribution in [0.3, 0.4) is 0 Å². The number of likely N-dealkylation sites (tertiary alicyclic amines) is 1. The molecule has 5 nitrogen and oxygen atoms in total. The Labute approximate surface area is 91.6 Å². The van der Waals surface area contributed by atoms with Crippen LogP contribution in [0.4, 0.5) is 0 Å². The van der Waals surface area contributed by atoms with E-state index < -0.39 is 0 Å². The van der Waals surface area contributed by atoms with Crippen LogP contribution in [-0.2, 0) is 22.7 Å². The number of rotatable bonds is 3. The van der Waals surface area contributed by atoms with Crippen molar-refractivity contribution in [1.29, 1.82) is 0 Å². The molecule has 1 aromatic rings. The third-order valence-electron chi connectivity index (χ3n) is 3.14. The maximum atomic E-state index is 11.7. The number of amides is 2. The van der Waals surface area contributed by atoms with Crippen LogP contribution in [-0.4, -0.2) is 21.8 Å². The smallest absolute Gasteiger partial charge is 0.233 e. The van der Waals surface area contributed by atoms with E-state index in [2.05, 4.69) is 0 Å². The van der Waals surface area contributed by atoms with E-state index in [0.29, 0.717) is 17.9 Å². The molecule has 2 fully saturated rings. The molecule has 1 aliphatic carbocycles. The van der Waals surface area contributed by atoms with Gasteiger partial charge in [0.05, 0.1) is 18.4 Å². The van der Waals surface area contributed by atoms with E-state index >= 15 is 0 Å². The van der Waals surface area contributed by atoms with Crippen molar-refractivity contribution in [1.82, 2.24) is 4.90 Å². The number of nitrogens with zero attached hydrogens (tertiary/aromatic N) is 1. The second-order valence-corrected chi connectivity index (χ2v) is 4.24. The van der Waals surface area contributed by atoms with Gasteiger partial charge in [0.1, 0.15) is 18.1 Å². The summed E-state index contributed by atoms with van der Waals surface area (Å²) in [5, 5.41) is 8.82. The van der Waals surface area contributed by atoms with Crippen molar-refractivity contribution < 1.29 is 19.1 Å². The van der Waals surface area contributed by atoms with Crippen LogP contribution in [0.15, 0.2) is 16.5 Å². The molecule has 2 amide bonds. The molecule has 0 radical (unpaired) electrons. The summed E-state index contributed by atoms with van der Waals surface area (Å²) in [6.07, 6.45) is 0.716. The van der Waals surface area contributed by atoms with Crippen molar-refractivity contribution in [2.24, 2.45) is 11.8 Å². The Balaban J connectivity index is 1.75. The van der Waals surface area contributed by atoms with Crippen LogP contribution in [0, 0.1) is 11.8 Å². The molecule has 3 rings (SSSR count). The second-order valence-electron chi connectivity index (χ2n) is 4.24. The molecule has 1 saturated heterocycles. The summed E-state index contributed by atoms with van der Waals surface area (Å²) in [5.74, 6) is 0.666. The molecule has 2 atom stereocenters. The molecule has 0 aromatic carbocycles. The Hall–Kier alpha value is -1.62. The lowest BCUT2D eigenvalue weighted by atomic mass is 10.3. The van der Waals surface area contributed by atoms with Crippen molar-refractivity contribution in [3.05, 3.63) is 23.7 Å². The minimum atomic E-state index is -0.173. The molecule has 2 aliphatic rings. The molecular formula is C11H11NO4. The van der Waals surface area contributed by atoms with Gasteiger partial charge in [-0.2, -0.15) is 0 Å². The summed E-state index contributed by atoms with van der Waals surface area (Å²) >= 11 is 0. The van der Waals surface area contributed by atoms with E-state index in [9.17, 15) is 9.59 Å². The number of hydrogen-bond donors (Lipinski definition) is 1. The Kier molecular flexibility index (Phi) is 1.91. The maximum absolute atomic E-state index is 11.7. The predicted molar refractivity (Wildman–Crippen MR) is 51.8 cm³/mol. The first kappa shape index (κ1) is 9.59. The molecule has 5 heteroatoms. The highest BCUT2D eigenvalue weighted by molar-refractivity contribution is 6.08. The third-order valence-corrected chi connectivity index (χ3v) is 3.14. The SMILES string of the molecule is O=C1C2CC2C(=O)N1Cc1ccc(CO)o1. The molecule has 84 valence electrons. The van der Waals surface area contributed by atoms with Gasteiger partial charge in [0.25, 0.3) is 0 Å². The van der Waals surface area contributed by atoms with Gasteiger partial charge in [0, 0.05) is 0 Å². The number of carbonyl (C=O) groups is 2. The molecular weight excluding hydrogens is 210 g/mol. The van der Waals surface area contributed by atoms with Gasteiger partial charge in [-0.25, -0.2) is 0 Å².